The van der Waals surface area contributed by atoms with E-state index in [0.29, 0.717) is 6.42 Å². The van der Waals surface area contributed by atoms with Crippen molar-refractivity contribution >= 4 is 12.6 Å². The van der Waals surface area contributed by atoms with E-state index in [1.807, 2.05) is 0 Å². The summed E-state index contributed by atoms with van der Waals surface area (Å²) in [6, 6.07) is 0. The number of hydrogen-bond acceptors (Lipinski definition) is 3. The van der Waals surface area contributed by atoms with Gasteiger partial charge in [-0.3, -0.25) is 5.84 Å². The fraction of sp³-hybridized carbons (Fsp3) is 0.429. The predicted octanol–water partition coefficient (Wildman–Crippen LogP) is 0.930. The highest BCUT2D eigenvalue weighted by Gasteiger charge is 2.10. The van der Waals surface area contributed by atoms with Gasteiger partial charge in [0, 0.05) is 6.42 Å². The topological polar surface area (TPSA) is 38.0 Å². The van der Waals surface area contributed by atoms with Crippen LogP contribution in [0.4, 0.5) is 4.39 Å². The molecule has 0 saturated heterocycles. The zero-order valence-electron chi connectivity index (χ0n) is 6.00. The van der Waals surface area contributed by atoms with Gasteiger partial charge >= 0.3 is 0 Å². The standard InChI is InChI=1S/C7H11FN2S/c8-6-3-1-5(2-4-6)7(11)10-9/h1-3,6-7,10-11H,4,9H2/t6-,7+/m1/s1. The maximum atomic E-state index is 12.5. The average molecular weight is 174 g/mol. The Morgan fingerprint density at radius 1 is 1.82 bits per heavy atom. The maximum Gasteiger partial charge on any atom is 0.122 e. The zero-order valence-corrected chi connectivity index (χ0v) is 6.89. The summed E-state index contributed by atoms with van der Waals surface area (Å²) < 4.78 is 12.5. The molecule has 0 aromatic rings. The minimum Gasteiger partial charge on any atom is -0.270 e. The van der Waals surface area contributed by atoms with Crippen molar-refractivity contribution in [1.82, 2.24) is 5.43 Å². The number of nitrogens with two attached hydrogens (primary N) is 1. The van der Waals surface area contributed by atoms with Gasteiger partial charge in [-0.05, 0) is 5.57 Å². The summed E-state index contributed by atoms with van der Waals surface area (Å²) in [5.41, 5.74) is 3.39. The van der Waals surface area contributed by atoms with Gasteiger partial charge in [0.1, 0.15) is 6.17 Å². The number of thiol groups is 1. The van der Waals surface area contributed by atoms with E-state index < -0.39 is 6.17 Å². The molecule has 0 fully saturated rings. The first-order chi connectivity index (χ1) is 5.24. The highest BCUT2D eigenvalue weighted by Crippen LogP contribution is 2.16. The quantitative estimate of drug-likeness (QED) is 0.252. The Morgan fingerprint density at radius 3 is 3.00 bits per heavy atom. The van der Waals surface area contributed by atoms with Crippen molar-refractivity contribution in [3.05, 3.63) is 23.8 Å². The fourth-order valence-corrected chi connectivity index (χ4v) is 1.10. The summed E-state index contributed by atoms with van der Waals surface area (Å²) in [5, 5.41) is -0.196. The third-order valence-electron chi connectivity index (χ3n) is 1.55. The molecule has 0 aromatic carbocycles. The molecule has 0 aliphatic heterocycles. The molecule has 3 N–H and O–H groups in total. The van der Waals surface area contributed by atoms with E-state index in [4.69, 9.17) is 5.84 Å². The largest absolute Gasteiger partial charge is 0.270 e. The summed E-state index contributed by atoms with van der Waals surface area (Å²) in [6.45, 7) is 0. The second-order valence-corrected chi connectivity index (χ2v) is 2.90. The van der Waals surface area contributed by atoms with Crippen molar-refractivity contribution in [2.75, 3.05) is 0 Å². The van der Waals surface area contributed by atoms with Gasteiger partial charge in [0.2, 0.25) is 0 Å². The summed E-state index contributed by atoms with van der Waals surface area (Å²) in [4.78, 5) is 0. The van der Waals surface area contributed by atoms with Crippen LogP contribution in [0.1, 0.15) is 6.42 Å². The first-order valence-electron chi connectivity index (χ1n) is 3.40. The first kappa shape index (κ1) is 8.77. The Morgan fingerprint density at radius 2 is 2.55 bits per heavy atom. The molecule has 0 bridgehead atoms. The Bertz CT molecular complexity index is 191. The molecule has 2 atom stereocenters. The van der Waals surface area contributed by atoms with Gasteiger partial charge in [0.25, 0.3) is 0 Å². The van der Waals surface area contributed by atoms with Gasteiger partial charge in [-0.2, -0.15) is 12.6 Å². The lowest BCUT2D eigenvalue weighted by atomic mass is 10.1. The molecule has 1 aliphatic carbocycles. The Balaban J connectivity index is 2.55. The average Bonchev–Trinajstić information content (AvgIpc) is 2.05. The number of rotatable bonds is 2. The molecule has 4 heteroatoms. The molecule has 0 aromatic heterocycles. The summed E-state index contributed by atoms with van der Waals surface area (Å²) in [6.07, 6.45) is 4.58. The van der Waals surface area contributed by atoms with Crippen LogP contribution in [0, 0.1) is 0 Å². The lowest BCUT2D eigenvalue weighted by Crippen LogP contribution is -2.32. The first-order valence-corrected chi connectivity index (χ1v) is 3.92. The van der Waals surface area contributed by atoms with Gasteiger partial charge in [0.15, 0.2) is 0 Å². The lowest BCUT2D eigenvalue weighted by molar-refractivity contribution is 0.400. The Hall–Kier alpha value is -0.320. The molecule has 1 rings (SSSR count). The van der Waals surface area contributed by atoms with E-state index in [-0.39, 0.29) is 5.37 Å². The molecule has 1 aliphatic rings. The van der Waals surface area contributed by atoms with Gasteiger partial charge in [-0.25, -0.2) is 9.82 Å². The minimum atomic E-state index is -0.850. The normalized spacial score (nSPS) is 26.5. The second kappa shape index (κ2) is 3.90. The third-order valence-corrected chi connectivity index (χ3v) is 2.00. The predicted molar refractivity (Wildman–Crippen MR) is 46.8 cm³/mol. The van der Waals surface area contributed by atoms with E-state index >= 15 is 0 Å². The summed E-state index contributed by atoms with van der Waals surface area (Å²) in [5.74, 6) is 5.14. The fourth-order valence-electron chi connectivity index (χ4n) is 0.910. The maximum absolute atomic E-state index is 12.5. The van der Waals surface area contributed by atoms with Gasteiger partial charge in [-0.15, -0.1) is 0 Å². The van der Waals surface area contributed by atoms with Crippen LogP contribution in [-0.4, -0.2) is 11.5 Å². The number of alkyl halides is 1. The molecule has 11 heavy (non-hydrogen) atoms. The molecule has 0 unspecified atom stereocenters. The van der Waals surface area contributed by atoms with Gasteiger partial charge < -0.3 is 0 Å². The molecule has 0 spiro atoms. The smallest absolute Gasteiger partial charge is 0.122 e. The molecular weight excluding hydrogens is 163 g/mol. The van der Waals surface area contributed by atoms with Crippen LogP contribution in [0.25, 0.3) is 0 Å². The van der Waals surface area contributed by atoms with Crippen molar-refractivity contribution in [3.63, 3.8) is 0 Å². The molecule has 0 radical (unpaired) electrons. The van der Waals surface area contributed by atoms with E-state index in [9.17, 15) is 4.39 Å². The molecule has 0 heterocycles. The van der Waals surface area contributed by atoms with E-state index in [0.717, 1.165) is 5.57 Å². The van der Waals surface area contributed by atoms with E-state index in [1.165, 1.54) is 6.08 Å². The van der Waals surface area contributed by atoms with E-state index in [1.54, 1.807) is 12.2 Å². The van der Waals surface area contributed by atoms with Gasteiger partial charge in [0.05, 0.1) is 5.37 Å². The van der Waals surface area contributed by atoms with Crippen LogP contribution in [0.3, 0.4) is 0 Å². The SMILES string of the molecule is NN[C@@H](S)C1=CC[C@H](F)C=C1. The van der Waals surface area contributed by atoms with Crippen LogP contribution in [-0.2, 0) is 0 Å². The Kier molecular flexibility index (Phi) is 3.11. The Labute approximate surface area is 70.7 Å². The minimum absolute atomic E-state index is 0.196. The number of allylic oxidation sites excluding steroid dienone is 2. The van der Waals surface area contributed by atoms with Crippen molar-refractivity contribution in [1.29, 1.82) is 0 Å². The van der Waals surface area contributed by atoms with Gasteiger partial charge in [-0.1, -0.05) is 18.2 Å². The second-order valence-electron chi connectivity index (χ2n) is 2.38. The van der Waals surface area contributed by atoms with Crippen molar-refractivity contribution in [2.24, 2.45) is 5.84 Å². The molecule has 0 saturated carbocycles. The molecule has 62 valence electrons. The van der Waals surface area contributed by atoms with Crippen LogP contribution < -0.4 is 11.3 Å². The molecule has 2 nitrogen and oxygen atoms in total. The summed E-state index contributed by atoms with van der Waals surface area (Å²) in [7, 11) is 0. The van der Waals surface area contributed by atoms with Crippen molar-refractivity contribution < 1.29 is 4.39 Å². The van der Waals surface area contributed by atoms with Crippen LogP contribution in [0.15, 0.2) is 23.8 Å². The monoisotopic (exact) mass is 174 g/mol. The van der Waals surface area contributed by atoms with E-state index in [2.05, 4.69) is 18.1 Å². The zero-order chi connectivity index (χ0) is 8.27. The number of nitrogens with one attached hydrogen (secondary N) is 1. The summed E-state index contributed by atoms with van der Waals surface area (Å²) >= 11 is 4.12. The lowest BCUT2D eigenvalue weighted by Gasteiger charge is -2.14. The molecule has 0 amide bonds. The number of hydrogen-bond donors (Lipinski definition) is 3. The third kappa shape index (κ3) is 2.32. The van der Waals surface area contributed by atoms with Crippen LogP contribution >= 0.6 is 12.6 Å². The van der Waals surface area contributed by atoms with Crippen LogP contribution in [0.5, 0.6) is 0 Å². The highest BCUT2D eigenvalue weighted by molar-refractivity contribution is 7.81. The highest BCUT2D eigenvalue weighted by atomic mass is 32.1. The number of halogens is 1. The van der Waals surface area contributed by atoms with Crippen molar-refractivity contribution in [2.45, 2.75) is 18.0 Å². The number of hydrazine groups is 1. The van der Waals surface area contributed by atoms with Crippen molar-refractivity contribution in [3.8, 4) is 0 Å². The van der Waals surface area contributed by atoms with Crippen LogP contribution in [0.2, 0.25) is 0 Å². The molecular formula is C7H11FN2S.